The first-order valence-electron chi connectivity index (χ1n) is 9.64. The lowest BCUT2D eigenvalue weighted by atomic mass is 9.83. The summed E-state index contributed by atoms with van der Waals surface area (Å²) in [5.74, 6) is 0.598. The molecule has 2 fully saturated rings. The number of carbonyl (C=O) groups excluding carboxylic acids is 1. The Hall–Kier alpha value is -1.92. The molecule has 2 atom stereocenters. The number of piperidine rings is 1. The lowest BCUT2D eigenvalue weighted by molar-refractivity contribution is -0.115. The first-order valence-corrected chi connectivity index (χ1v) is 9.64. The van der Waals surface area contributed by atoms with Crippen molar-refractivity contribution >= 4 is 11.6 Å². The lowest BCUT2D eigenvalue weighted by Gasteiger charge is -2.43. The van der Waals surface area contributed by atoms with Crippen molar-refractivity contribution in [1.29, 1.82) is 0 Å². The Labute approximate surface area is 155 Å². The van der Waals surface area contributed by atoms with Crippen LogP contribution in [0.25, 0.3) is 0 Å². The Morgan fingerprint density at radius 2 is 2.12 bits per heavy atom. The first kappa shape index (κ1) is 17.5. The Kier molecular flexibility index (Phi) is 4.96. The molecule has 1 amide bonds. The smallest absolute Gasteiger partial charge is 0.269 e. The molecular weight excluding hydrogens is 328 g/mol. The molecule has 2 aliphatic heterocycles. The van der Waals surface area contributed by atoms with Crippen LogP contribution in [0.1, 0.15) is 31.2 Å². The predicted octanol–water partition coefficient (Wildman–Crippen LogP) is 1.52. The van der Waals surface area contributed by atoms with Crippen molar-refractivity contribution in [1.82, 2.24) is 15.5 Å². The molecule has 1 saturated heterocycles. The molecule has 6 nitrogen and oxygen atoms in total. The SMILES string of the molecule is CN1CC[C@H](NCc2ccccc2)[C@@]2(CC(C(=O)NCC3CC3)=NO2)C1. The maximum Gasteiger partial charge on any atom is 0.269 e. The minimum absolute atomic E-state index is 0.0659. The molecule has 0 aromatic heterocycles. The van der Waals surface area contributed by atoms with E-state index in [1.54, 1.807) is 0 Å². The Morgan fingerprint density at radius 3 is 2.88 bits per heavy atom. The molecule has 4 rings (SSSR count). The van der Waals surface area contributed by atoms with E-state index in [0.717, 1.165) is 32.6 Å². The first-order chi connectivity index (χ1) is 12.6. The van der Waals surface area contributed by atoms with Crippen LogP contribution in [0.4, 0.5) is 0 Å². The van der Waals surface area contributed by atoms with Gasteiger partial charge in [0.1, 0.15) is 5.71 Å². The third kappa shape index (κ3) is 3.91. The zero-order valence-electron chi connectivity index (χ0n) is 15.4. The zero-order chi connectivity index (χ0) is 18.0. The van der Waals surface area contributed by atoms with Crippen LogP contribution in [-0.2, 0) is 16.2 Å². The number of hydrogen-bond acceptors (Lipinski definition) is 5. The van der Waals surface area contributed by atoms with Crippen LogP contribution in [0.3, 0.4) is 0 Å². The molecule has 3 aliphatic rings. The molecule has 0 unspecified atom stereocenters. The van der Waals surface area contributed by atoms with Gasteiger partial charge in [-0.25, -0.2) is 0 Å². The zero-order valence-corrected chi connectivity index (χ0v) is 15.4. The second-order valence-electron chi connectivity index (χ2n) is 7.97. The minimum atomic E-state index is -0.450. The van der Waals surface area contributed by atoms with Gasteiger partial charge in [-0.05, 0) is 44.3 Å². The van der Waals surface area contributed by atoms with Crippen molar-refractivity contribution in [3.8, 4) is 0 Å². The largest absolute Gasteiger partial charge is 0.385 e. The second-order valence-corrected chi connectivity index (χ2v) is 7.97. The fourth-order valence-corrected chi connectivity index (χ4v) is 3.93. The van der Waals surface area contributed by atoms with E-state index in [9.17, 15) is 4.79 Å². The number of likely N-dealkylation sites (tertiary alicyclic amines) is 1. The van der Waals surface area contributed by atoms with Gasteiger partial charge >= 0.3 is 0 Å². The number of nitrogens with zero attached hydrogens (tertiary/aromatic N) is 2. The third-order valence-electron chi connectivity index (χ3n) is 5.68. The summed E-state index contributed by atoms with van der Waals surface area (Å²) in [5, 5.41) is 10.9. The fourth-order valence-electron chi connectivity index (χ4n) is 3.93. The second kappa shape index (κ2) is 7.37. The monoisotopic (exact) mass is 356 g/mol. The van der Waals surface area contributed by atoms with E-state index in [0.29, 0.717) is 18.1 Å². The van der Waals surface area contributed by atoms with Crippen LogP contribution in [0.15, 0.2) is 35.5 Å². The maximum atomic E-state index is 12.4. The van der Waals surface area contributed by atoms with Crippen LogP contribution < -0.4 is 10.6 Å². The van der Waals surface area contributed by atoms with E-state index in [1.807, 2.05) is 6.07 Å². The van der Waals surface area contributed by atoms with Gasteiger partial charge in [-0.2, -0.15) is 0 Å². The number of rotatable bonds is 6. The van der Waals surface area contributed by atoms with Gasteiger partial charge in [-0.1, -0.05) is 35.5 Å². The van der Waals surface area contributed by atoms with Crippen molar-refractivity contribution in [2.24, 2.45) is 11.1 Å². The average Bonchev–Trinajstić information content (AvgIpc) is 3.40. The summed E-state index contributed by atoms with van der Waals surface area (Å²) in [6.07, 6.45) is 4.00. The number of hydrogen-bond donors (Lipinski definition) is 2. The van der Waals surface area contributed by atoms with Crippen LogP contribution in [0.5, 0.6) is 0 Å². The van der Waals surface area contributed by atoms with Crippen molar-refractivity contribution in [3.05, 3.63) is 35.9 Å². The fraction of sp³-hybridized carbons (Fsp3) is 0.600. The van der Waals surface area contributed by atoms with Crippen molar-refractivity contribution < 1.29 is 9.63 Å². The van der Waals surface area contributed by atoms with Crippen molar-refractivity contribution in [2.75, 3.05) is 26.7 Å². The summed E-state index contributed by atoms with van der Waals surface area (Å²) in [6.45, 7) is 3.35. The van der Waals surface area contributed by atoms with Crippen LogP contribution in [-0.4, -0.2) is 54.8 Å². The van der Waals surface area contributed by atoms with Gasteiger partial charge in [-0.15, -0.1) is 0 Å². The highest BCUT2D eigenvalue weighted by Gasteiger charge is 2.50. The highest BCUT2D eigenvalue weighted by Crippen LogP contribution is 2.34. The number of carbonyl (C=O) groups is 1. The highest BCUT2D eigenvalue weighted by molar-refractivity contribution is 6.39. The van der Waals surface area contributed by atoms with E-state index in [1.165, 1.54) is 18.4 Å². The van der Waals surface area contributed by atoms with E-state index >= 15 is 0 Å². The summed E-state index contributed by atoms with van der Waals surface area (Å²) in [7, 11) is 2.10. The molecule has 1 aromatic rings. The predicted molar refractivity (Wildman–Crippen MR) is 101 cm³/mol. The average molecular weight is 356 g/mol. The molecule has 140 valence electrons. The molecule has 6 heteroatoms. The minimum Gasteiger partial charge on any atom is -0.385 e. The number of likely N-dealkylation sites (N-methyl/N-ethyl adjacent to an activating group) is 1. The molecule has 1 aromatic carbocycles. The summed E-state index contributed by atoms with van der Waals surface area (Å²) >= 11 is 0. The molecule has 2 N–H and O–H groups in total. The lowest BCUT2D eigenvalue weighted by Crippen LogP contribution is -2.61. The maximum absolute atomic E-state index is 12.4. The molecule has 1 saturated carbocycles. The third-order valence-corrected chi connectivity index (χ3v) is 5.68. The quantitative estimate of drug-likeness (QED) is 0.811. The molecule has 1 spiro atoms. The van der Waals surface area contributed by atoms with Crippen LogP contribution in [0.2, 0.25) is 0 Å². The molecule has 1 aliphatic carbocycles. The van der Waals surface area contributed by atoms with Crippen LogP contribution >= 0.6 is 0 Å². The van der Waals surface area contributed by atoms with E-state index < -0.39 is 5.60 Å². The Morgan fingerprint density at radius 1 is 1.31 bits per heavy atom. The molecule has 0 radical (unpaired) electrons. The number of nitrogens with one attached hydrogen (secondary N) is 2. The van der Waals surface area contributed by atoms with Gasteiger partial charge in [0, 0.05) is 26.1 Å². The standard InChI is InChI=1S/C20H28N4O2/c1-24-10-9-18(21-12-15-5-3-2-4-6-15)20(14-24)11-17(23-26-20)19(25)22-13-16-7-8-16/h2-6,16,18,21H,7-14H2,1H3,(H,22,25)/t18-,20+/m0/s1. The van der Waals surface area contributed by atoms with Gasteiger partial charge in [-0.3, -0.25) is 4.79 Å². The van der Waals surface area contributed by atoms with Crippen molar-refractivity contribution in [2.45, 2.75) is 43.9 Å². The van der Waals surface area contributed by atoms with E-state index in [2.05, 4.69) is 52.0 Å². The summed E-state index contributed by atoms with van der Waals surface area (Å²) in [5.41, 5.74) is 1.34. The molecular formula is C20H28N4O2. The van der Waals surface area contributed by atoms with Crippen LogP contribution in [0, 0.1) is 5.92 Å². The normalized spacial score (nSPS) is 28.7. The van der Waals surface area contributed by atoms with Gasteiger partial charge in [0.05, 0.1) is 6.04 Å². The molecule has 0 bridgehead atoms. The van der Waals surface area contributed by atoms with Gasteiger partial charge < -0.3 is 20.4 Å². The Bertz CT molecular complexity index is 674. The van der Waals surface area contributed by atoms with E-state index in [4.69, 9.17) is 4.84 Å². The summed E-state index contributed by atoms with van der Waals surface area (Å²) < 4.78 is 0. The van der Waals surface area contributed by atoms with Crippen molar-refractivity contribution in [3.63, 3.8) is 0 Å². The summed E-state index contributed by atoms with van der Waals surface area (Å²) in [6, 6.07) is 10.6. The van der Waals surface area contributed by atoms with E-state index in [-0.39, 0.29) is 11.9 Å². The summed E-state index contributed by atoms with van der Waals surface area (Å²) in [4.78, 5) is 20.6. The number of amides is 1. The molecule has 2 heterocycles. The molecule has 26 heavy (non-hydrogen) atoms. The van der Waals surface area contributed by atoms with Gasteiger partial charge in [0.2, 0.25) is 0 Å². The highest BCUT2D eigenvalue weighted by atomic mass is 16.7. The Balaban J connectivity index is 1.39. The number of oxime groups is 1. The topological polar surface area (TPSA) is 66.0 Å². The van der Waals surface area contributed by atoms with Gasteiger partial charge in [0.25, 0.3) is 5.91 Å². The van der Waals surface area contributed by atoms with Gasteiger partial charge in [0.15, 0.2) is 5.60 Å². The number of benzene rings is 1.